The highest BCUT2D eigenvalue weighted by molar-refractivity contribution is 5.92. The van der Waals surface area contributed by atoms with Crippen LogP contribution in [0.1, 0.15) is 50.4 Å². The lowest BCUT2D eigenvalue weighted by atomic mass is 9.96. The number of piperidine rings is 1. The lowest BCUT2D eigenvalue weighted by Gasteiger charge is -2.41. The van der Waals surface area contributed by atoms with Gasteiger partial charge < -0.3 is 15.4 Å². The second-order valence-electron chi connectivity index (χ2n) is 5.53. The molecule has 20 heavy (non-hydrogen) atoms. The highest BCUT2D eigenvalue weighted by Crippen LogP contribution is 2.33. The molecule has 0 radical (unpaired) electrons. The molecule has 2 N–H and O–H groups in total. The third kappa shape index (κ3) is 2.89. The van der Waals surface area contributed by atoms with E-state index in [4.69, 9.17) is 10.5 Å². The average molecular weight is 276 g/mol. The van der Waals surface area contributed by atoms with Gasteiger partial charge in [0.15, 0.2) is 0 Å². The number of nitrogens with two attached hydrogens (primary N) is 1. The highest BCUT2D eigenvalue weighted by Gasteiger charge is 2.26. The molecule has 1 aliphatic rings. The Morgan fingerprint density at radius 1 is 1.35 bits per heavy atom. The topological polar surface area (TPSA) is 55.6 Å². The van der Waals surface area contributed by atoms with E-state index in [0.717, 1.165) is 24.2 Å². The quantitative estimate of drug-likeness (QED) is 0.680. The second-order valence-corrected chi connectivity index (χ2v) is 5.53. The van der Waals surface area contributed by atoms with E-state index in [1.807, 2.05) is 13.0 Å². The van der Waals surface area contributed by atoms with E-state index in [1.54, 1.807) is 12.1 Å². The minimum Gasteiger partial charge on any atom is -0.462 e. The summed E-state index contributed by atoms with van der Waals surface area (Å²) in [4.78, 5) is 14.2. The Kier molecular flexibility index (Phi) is 4.53. The van der Waals surface area contributed by atoms with Crippen molar-refractivity contribution in [1.29, 1.82) is 0 Å². The molecular weight excluding hydrogens is 252 g/mol. The number of esters is 1. The Morgan fingerprint density at radius 3 is 2.60 bits per heavy atom. The summed E-state index contributed by atoms with van der Waals surface area (Å²) in [5, 5.41) is 0. The molecule has 1 aromatic carbocycles. The van der Waals surface area contributed by atoms with Crippen molar-refractivity contribution in [2.24, 2.45) is 0 Å². The first-order chi connectivity index (χ1) is 9.54. The van der Waals surface area contributed by atoms with Crippen molar-refractivity contribution in [2.75, 3.05) is 17.2 Å². The van der Waals surface area contributed by atoms with Crippen LogP contribution in [0.25, 0.3) is 0 Å². The summed E-state index contributed by atoms with van der Waals surface area (Å²) in [7, 11) is 0. The maximum absolute atomic E-state index is 11.9. The Labute approximate surface area is 120 Å². The SMILES string of the molecule is CCOC(=O)c1ccc(N)c(N2[C@H](C)CCC[C@@H]2C)c1. The number of carbonyl (C=O) groups excluding carboxylic acids is 1. The monoisotopic (exact) mass is 276 g/mol. The van der Waals surface area contributed by atoms with E-state index in [0.29, 0.717) is 24.3 Å². The van der Waals surface area contributed by atoms with Crippen molar-refractivity contribution in [3.8, 4) is 0 Å². The Morgan fingerprint density at radius 2 is 2.00 bits per heavy atom. The summed E-state index contributed by atoms with van der Waals surface area (Å²) >= 11 is 0. The third-order valence-corrected chi connectivity index (χ3v) is 4.01. The number of benzene rings is 1. The van der Waals surface area contributed by atoms with Gasteiger partial charge in [-0.25, -0.2) is 4.79 Å². The van der Waals surface area contributed by atoms with Gasteiger partial charge in [0.05, 0.1) is 23.5 Å². The number of carbonyl (C=O) groups is 1. The smallest absolute Gasteiger partial charge is 0.338 e. The van der Waals surface area contributed by atoms with Crippen molar-refractivity contribution >= 4 is 17.3 Å². The minimum absolute atomic E-state index is 0.286. The largest absolute Gasteiger partial charge is 0.462 e. The van der Waals surface area contributed by atoms with Crippen molar-refractivity contribution in [1.82, 2.24) is 0 Å². The molecular formula is C16H24N2O2. The number of rotatable bonds is 3. The number of hydrogen-bond acceptors (Lipinski definition) is 4. The van der Waals surface area contributed by atoms with Crippen LogP contribution in [0.15, 0.2) is 18.2 Å². The van der Waals surface area contributed by atoms with Crippen molar-refractivity contribution < 1.29 is 9.53 Å². The van der Waals surface area contributed by atoms with E-state index in [9.17, 15) is 4.79 Å². The molecule has 1 aromatic rings. The first kappa shape index (κ1) is 14.7. The molecule has 0 aromatic heterocycles. The van der Waals surface area contributed by atoms with Gasteiger partial charge in [0, 0.05) is 12.1 Å². The fraction of sp³-hybridized carbons (Fsp3) is 0.562. The molecule has 0 aliphatic carbocycles. The van der Waals surface area contributed by atoms with Crippen LogP contribution in [-0.2, 0) is 4.74 Å². The normalized spacial score (nSPS) is 22.6. The first-order valence-corrected chi connectivity index (χ1v) is 7.39. The predicted octanol–water partition coefficient (Wildman–Crippen LogP) is 3.21. The van der Waals surface area contributed by atoms with Gasteiger partial charge in [-0.05, 0) is 58.2 Å². The average Bonchev–Trinajstić information content (AvgIpc) is 2.40. The van der Waals surface area contributed by atoms with Crippen molar-refractivity contribution in [3.05, 3.63) is 23.8 Å². The van der Waals surface area contributed by atoms with E-state index >= 15 is 0 Å². The molecule has 0 spiro atoms. The van der Waals surface area contributed by atoms with Crippen LogP contribution in [0.2, 0.25) is 0 Å². The van der Waals surface area contributed by atoms with E-state index in [-0.39, 0.29) is 5.97 Å². The lowest BCUT2D eigenvalue weighted by molar-refractivity contribution is 0.0526. The van der Waals surface area contributed by atoms with Gasteiger partial charge in [-0.15, -0.1) is 0 Å². The van der Waals surface area contributed by atoms with Gasteiger partial charge in [-0.2, -0.15) is 0 Å². The maximum Gasteiger partial charge on any atom is 0.338 e. The van der Waals surface area contributed by atoms with Crippen LogP contribution in [0.4, 0.5) is 11.4 Å². The van der Waals surface area contributed by atoms with Gasteiger partial charge in [-0.3, -0.25) is 0 Å². The highest BCUT2D eigenvalue weighted by atomic mass is 16.5. The second kappa shape index (κ2) is 6.16. The maximum atomic E-state index is 11.9. The zero-order chi connectivity index (χ0) is 14.7. The van der Waals surface area contributed by atoms with Gasteiger partial charge in [0.2, 0.25) is 0 Å². The van der Waals surface area contributed by atoms with E-state index in [1.165, 1.54) is 6.42 Å². The van der Waals surface area contributed by atoms with Crippen LogP contribution in [0, 0.1) is 0 Å². The lowest BCUT2D eigenvalue weighted by Crippen LogP contribution is -2.44. The molecule has 2 atom stereocenters. The van der Waals surface area contributed by atoms with Crippen LogP contribution >= 0.6 is 0 Å². The summed E-state index contributed by atoms with van der Waals surface area (Å²) in [5.74, 6) is -0.286. The minimum atomic E-state index is -0.286. The van der Waals surface area contributed by atoms with Crippen LogP contribution < -0.4 is 10.6 Å². The molecule has 1 aliphatic heterocycles. The fourth-order valence-electron chi connectivity index (χ4n) is 3.00. The molecule has 1 fully saturated rings. The summed E-state index contributed by atoms with van der Waals surface area (Å²) in [6.07, 6.45) is 3.57. The molecule has 0 bridgehead atoms. The molecule has 0 saturated carbocycles. The van der Waals surface area contributed by atoms with Crippen LogP contribution in [0.5, 0.6) is 0 Å². The standard InChI is InChI=1S/C16H24N2O2/c1-4-20-16(19)13-8-9-14(17)15(10-13)18-11(2)6-5-7-12(18)3/h8-12H,4-7,17H2,1-3H3/t11-,12+. The third-order valence-electron chi connectivity index (χ3n) is 4.01. The molecule has 1 saturated heterocycles. The summed E-state index contributed by atoms with van der Waals surface area (Å²) < 4.78 is 5.07. The number of nitrogen functional groups attached to an aromatic ring is 1. The molecule has 0 unspecified atom stereocenters. The molecule has 4 nitrogen and oxygen atoms in total. The summed E-state index contributed by atoms with van der Waals surface area (Å²) in [6.45, 7) is 6.62. The molecule has 0 amide bonds. The summed E-state index contributed by atoms with van der Waals surface area (Å²) in [5.41, 5.74) is 8.37. The number of anilines is 2. The Bertz CT molecular complexity index is 477. The van der Waals surface area contributed by atoms with Gasteiger partial charge in [-0.1, -0.05) is 0 Å². The van der Waals surface area contributed by atoms with Gasteiger partial charge >= 0.3 is 5.97 Å². The Hall–Kier alpha value is -1.71. The molecule has 1 heterocycles. The van der Waals surface area contributed by atoms with E-state index in [2.05, 4.69) is 18.7 Å². The zero-order valence-corrected chi connectivity index (χ0v) is 12.6. The number of hydrogen-bond donors (Lipinski definition) is 1. The van der Waals surface area contributed by atoms with Gasteiger partial charge in [0.25, 0.3) is 0 Å². The molecule has 4 heteroatoms. The van der Waals surface area contributed by atoms with Crippen molar-refractivity contribution in [2.45, 2.75) is 52.1 Å². The van der Waals surface area contributed by atoms with Crippen LogP contribution in [-0.4, -0.2) is 24.7 Å². The summed E-state index contributed by atoms with van der Waals surface area (Å²) in [6, 6.07) is 6.29. The first-order valence-electron chi connectivity index (χ1n) is 7.39. The molecule has 110 valence electrons. The van der Waals surface area contributed by atoms with E-state index < -0.39 is 0 Å². The number of nitrogens with zero attached hydrogens (tertiary/aromatic N) is 1. The van der Waals surface area contributed by atoms with Crippen LogP contribution in [0.3, 0.4) is 0 Å². The number of ether oxygens (including phenoxy) is 1. The Balaban J connectivity index is 2.34. The fourth-order valence-corrected chi connectivity index (χ4v) is 3.00. The predicted molar refractivity (Wildman–Crippen MR) is 82.1 cm³/mol. The zero-order valence-electron chi connectivity index (χ0n) is 12.6. The van der Waals surface area contributed by atoms with Crippen molar-refractivity contribution in [3.63, 3.8) is 0 Å². The molecule has 2 rings (SSSR count). The van der Waals surface area contributed by atoms with Gasteiger partial charge in [0.1, 0.15) is 0 Å².